The topological polar surface area (TPSA) is 70.1 Å². The Kier molecular flexibility index (Phi) is 5.65. The van der Waals surface area contributed by atoms with Crippen molar-refractivity contribution in [3.8, 4) is 6.07 Å². The minimum absolute atomic E-state index is 0.118. The van der Waals surface area contributed by atoms with Gasteiger partial charge in [0, 0.05) is 18.7 Å². The summed E-state index contributed by atoms with van der Waals surface area (Å²) in [5, 5.41) is 9.09. The van der Waals surface area contributed by atoms with E-state index in [2.05, 4.69) is 6.07 Å². The van der Waals surface area contributed by atoms with E-state index in [1.807, 2.05) is 13.8 Å². The number of amides is 1. The Bertz CT molecular complexity index is 494. The molecule has 0 aliphatic carbocycles. The first-order valence-electron chi connectivity index (χ1n) is 6.17. The fourth-order valence-electron chi connectivity index (χ4n) is 1.76. The summed E-state index contributed by atoms with van der Waals surface area (Å²) in [7, 11) is 0. The first-order valence-corrected chi connectivity index (χ1v) is 6.54. The van der Waals surface area contributed by atoms with Crippen molar-refractivity contribution >= 4 is 23.2 Å². The molecule has 5 heteroatoms. The van der Waals surface area contributed by atoms with E-state index in [4.69, 9.17) is 22.6 Å². The maximum Gasteiger partial charge on any atom is 0.253 e. The van der Waals surface area contributed by atoms with Crippen LogP contribution >= 0.6 is 11.6 Å². The van der Waals surface area contributed by atoms with Gasteiger partial charge in [-0.05, 0) is 24.1 Å². The van der Waals surface area contributed by atoms with Gasteiger partial charge in [-0.1, -0.05) is 25.4 Å². The van der Waals surface area contributed by atoms with Gasteiger partial charge in [0.15, 0.2) is 0 Å². The molecule has 1 aromatic rings. The highest BCUT2D eigenvalue weighted by Crippen LogP contribution is 2.20. The quantitative estimate of drug-likeness (QED) is 0.843. The molecule has 0 radical (unpaired) electrons. The number of nitriles is 1. The van der Waals surface area contributed by atoms with E-state index in [9.17, 15) is 4.79 Å². The maximum absolute atomic E-state index is 12.4. The summed E-state index contributed by atoms with van der Waals surface area (Å²) in [4.78, 5) is 14.0. The van der Waals surface area contributed by atoms with Gasteiger partial charge in [0.25, 0.3) is 5.91 Å². The Balaban J connectivity index is 2.91. The number of rotatable bonds is 5. The summed E-state index contributed by atoms with van der Waals surface area (Å²) < 4.78 is 0. The molecule has 1 amide bonds. The van der Waals surface area contributed by atoms with Crippen LogP contribution in [-0.4, -0.2) is 23.9 Å². The van der Waals surface area contributed by atoms with Crippen LogP contribution in [0.15, 0.2) is 18.2 Å². The fraction of sp³-hybridized carbons (Fsp3) is 0.429. The molecule has 2 N–H and O–H groups in total. The number of nitrogens with two attached hydrogens (primary N) is 1. The van der Waals surface area contributed by atoms with E-state index < -0.39 is 0 Å². The summed E-state index contributed by atoms with van der Waals surface area (Å²) in [6, 6.07) is 6.90. The summed E-state index contributed by atoms with van der Waals surface area (Å²) in [5.41, 5.74) is 6.59. The van der Waals surface area contributed by atoms with Gasteiger partial charge in [-0.15, -0.1) is 0 Å². The summed E-state index contributed by atoms with van der Waals surface area (Å²) >= 11 is 5.84. The first-order chi connectivity index (χ1) is 8.95. The van der Waals surface area contributed by atoms with E-state index in [1.165, 1.54) is 0 Å². The van der Waals surface area contributed by atoms with Gasteiger partial charge >= 0.3 is 0 Å². The lowest BCUT2D eigenvalue weighted by Crippen LogP contribution is -2.35. The molecule has 102 valence electrons. The second-order valence-corrected chi connectivity index (χ2v) is 5.20. The molecule has 0 aromatic heterocycles. The minimum Gasteiger partial charge on any atom is -0.398 e. The van der Waals surface area contributed by atoms with Gasteiger partial charge < -0.3 is 10.6 Å². The Labute approximate surface area is 118 Å². The fourth-order valence-corrected chi connectivity index (χ4v) is 1.88. The van der Waals surface area contributed by atoms with Gasteiger partial charge in [-0.3, -0.25) is 4.79 Å². The summed E-state index contributed by atoms with van der Waals surface area (Å²) in [6.45, 7) is 5.10. The zero-order valence-corrected chi connectivity index (χ0v) is 11.9. The number of benzene rings is 1. The highest BCUT2D eigenvalue weighted by Gasteiger charge is 2.17. The second kappa shape index (κ2) is 7.01. The molecule has 1 rings (SSSR count). The average molecular weight is 280 g/mol. The maximum atomic E-state index is 12.4. The normalized spacial score (nSPS) is 10.3. The van der Waals surface area contributed by atoms with Crippen molar-refractivity contribution in [2.75, 3.05) is 18.8 Å². The van der Waals surface area contributed by atoms with Crippen LogP contribution in [0.5, 0.6) is 0 Å². The average Bonchev–Trinajstić information content (AvgIpc) is 2.36. The number of halogens is 1. The zero-order valence-electron chi connectivity index (χ0n) is 11.2. The predicted octanol–water partition coefficient (Wildman–Crippen LogP) is 2.93. The smallest absolute Gasteiger partial charge is 0.253 e. The lowest BCUT2D eigenvalue weighted by atomic mass is 10.1. The molecule has 0 heterocycles. The monoisotopic (exact) mass is 279 g/mol. The van der Waals surface area contributed by atoms with Crippen molar-refractivity contribution in [3.05, 3.63) is 28.8 Å². The van der Waals surface area contributed by atoms with Crippen molar-refractivity contribution in [1.29, 1.82) is 5.26 Å². The predicted molar refractivity (Wildman–Crippen MR) is 76.8 cm³/mol. The van der Waals surface area contributed by atoms with Crippen LogP contribution in [0.3, 0.4) is 0 Å². The Morgan fingerprint density at radius 2 is 2.21 bits per heavy atom. The third-order valence-corrected chi connectivity index (χ3v) is 2.95. The van der Waals surface area contributed by atoms with Crippen LogP contribution in [-0.2, 0) is 0 Å². The lowest BCUT2D eigenvalue weighted by molar-refractivity contribution is 0.0740. The Morgan fingerprint density at radius 3 is 2.74 bits per heavy atom. The molecule has 0 aliphatic rings. The number of hydrogen-bond acceptors (Lipinski definition) is 3. The van der Waals surface area contributed by atoms with Crippen LogP contribution in [0.4, 0.5) is 5.69 Å². The van der Waals surface area contributed by atoms with E-state index >= 15 is 0 Å². The van der Waals surface area contributed by atoms with Crippen LogP contribution < -0.4 is 5.73 Å². The molecular formula is C14H18ClN3O. The number of anilines is 1. The SMILES string of the molecule is CC(C)CN(CCC#N)C(=O)c1ccc(Cl)c(N)c1. The third-order valence-electron chi connectivity index (χ3n) is 2.61. The van der Waals surface area contributed by atoms with Crippen LogP contribution in [0.1, 0.15) is 30.6 Å². The summed E-state index contributed by atoms with van der Waals surface area (Å²) in [5.74, 6) is 0.222. The molecule has 0 unspecified atom stereocenters. The molecular weight excluding hydrogens is 262 g/mol. The van der Waals surface area contributed by atoms with Gasteiger partial charge in [0.1, 0.15) is 0 Å². The van der Waals surface area contributed by atoms with Gasteiger partial charge in [0.2, 0.25) is 0 Å². The molecule has 0 fully saturated rings. The second-order valence-electron chi connectivity index (χ2n) is 4.79. The Hall–Kier alpha value is -1.73. The van der Waals surface area contributed by atoms with Gasteiger partial charge in [0.05, 0.1) is 23.2 Å². The van der Waals surface area contributed by atoms with Crippen LogP contribution in [0.25, 0.3) is 0 Å². The third kappa shape index (κ3) is 4.46. The molecule has 0 atom stereocenters. The van der Waals surface area contributed by atoms with E-state index in [1.54, 1.807) is 23.1 Å². The molecule has 4 nitrogen and oxygen atoms in total. The van der Waals surface area contributed by atoms with Gasteiger partial charge in [-0.2, -0.15) is 5.26 Å². The van der Waals surface area contributed by atoms with Crippen molar-refractivity contribution in [2.24, 2.45) is 5.92 Å². The van der Waals surface area contributed by atoms with Crippen LogP contribution in [0.2, 0.25) is 5.02 Å². The standard InChI is InChI=1S/C14H18ClN3O/c1-10(2)9-18(7-3-6-16)14(19)11-4-5-12(15)13(17)8-11/h4-5,8,10H,3,7,9,17H2,1-2H3. The molecule has 0 saturated carbocycles. The van der Waals surface area contributed by atoms with Crippen molar-refractivity contribution in [3.63, 3.8) is 0 Å². The molecule has 0 saturated heterocycles. The van der Waals surface area contributed by atoms with Gasteiger partial charge in [-0.25, -0.2) is 0 Å². The number of carbonyl (C=O) groups excluding carboxylic acids is 1. The van der Waals surface area contributed by atoms with E-state index in [0.717, 1.165) is 0 Å². The highest BCUT2D eigenvalue weighted by atomic mass is 35.5. The number of nitrogens with zero attached hydrogens (tertiary/aromatic N) is 2. The molecule has 0 bridgehead atoms. The Morgan fingerprint density at radius 1 is 1.53 bits per heavy atom. The molecule has 19 heavy (non-hydrogen) atoms. The lowest BCUT2D eigenvalue weighted by Gasteiger charge is -2.23. The number of hydrogen-bond donors (Lipinski definition) is 1. The number of nitrogen functional groups attached to an aromatic ring is 1. The van der Waals surface area contributed by atoms with Crippen molar-refractivity contribution in [2.45, 2.75) is 20.3 Å². The van der Waals surface area contributed by atoms with Crippen molar-refractivity contribution in [1.82, 2.24) is 4.90 Å². The first kappa shape index (κ1) is 15.3. The highest BCUT2D eigenvalue weighted by molar-refractivity contribution is 6.33. The van der Waals surface area contributed by atoms with Crippen molar-refractivity contribution < 1.29 is 4.79 Å². The number of carbonyl (C=O) groups is 1. The van der Waals surface area contributed by atoms with E-state index in [0.29, 0.717) is 41.7 Å². The van der Waals surface area contributed by atoms with E-state index in [-0.39, 0.29) is 5.91 Å². The summed E-state index contributed by atoms with van der Waals surface area (Å²) in [6.07, 6.45) is 0.321. The molecule has 0 aliphatic heterocycles. The zero-order chi connectivity index (χ0) is 14.4. The molecule has 0 spiro atoms. The minimum atomic E-state index is -0.118. The van der Waals surface area contributed by atoms with Crippen LogP contribution in [0, 0.1) is 17.2 Å². The largest absolute Gasteiger partial charge is 0.398 e. The molecule has 1 aromatic carbocycles.